The van der Waals surface area contributed by atoms with E-state index in [9.17, 15) is 16.8 Å². The second kappa shape index (κ2) is 8.23. The van der Waals surface area contributed by atoms with Crippen molar-refractivity contribution >= 4 is 43.2 Å². The molecule has 2 aromatic rings. The maximum Gasteiger partial charge on any atom is 0.243 e. The lowest BCUT2D eigenvalue weighted by atomic mass is 10.2. The Balaban J connectivity index is 1.66. The molecule has 0 spiro atoms. The monoisotopic (exact) mass is 464 g/mol. The van der Waals surface area contributed by atoms with Crippen LogP contribution in [0.25, 0.3) is 0 Å². The van der Waals surface area contributed by atoms with E-state index in [1.54, 1.807) is 12.1 Å². The third-order valence-corrected chi connectivity index (χ3v) is 7.58. The molecule has 0 atom stereocenters. The SMILES string of the molecule is NS(=O)(=O)c1ccc(S(=O)(=O)N2CCN(Cc3cc(Cl)nc(Cl)c3)CC2)cc1. The Hall–Kier alpha value is -1.27. The quantitative estimate of drug-likeness (QED) is 0.671. The van der Waals surface area contributed by atoms with Gasteiger partial charge in [0.25, 0.3) is 0 Å². The van der Waals surface area contributed by atoms with Gasteiger partial charge in [0, 0.05) is 32.7 Å². The number of nitrogens with two attached hydrogens (primary N) is 1. The molecule has 0 aliphatic carbocycles. The second-order valence-electron chi connectivity index (χ2n) is 6.32. The predicted molar refractivity (Wildman–Crippen MR) is 106 cm³/mol. The molecule has 1 aliphatic heterocycles. The molecule has 0 unspecified atom stereocenters. The average Bonchev–Trinajstić information content (AvgIpc) is 2.61. The smallest absolute Gasteiger partial charge is 0.243 e. The molecule has 8 nitrogen and oxygen atoms in total. The molecule has 12 heteroatoms. The van der Waals surface area contributed by atoms with E-state index in [1.807, 2.05) is 0 Å². The number of aromatic nitrogens is 1. The summed E-state index contributed by atoms with van der Waals surface area (Å²) in [6.07, 6.45) is 0. The maximum absolute atomic E-state index is 12.8. The Bertz CT molecular complexity index is 1050. The molecule has 0 saturated carbocycles. The molecule has 2 N–H and O–H groups in total. The zero-order valence-electron chi connectivity index (χ0n) is 14.6. The minimum atomic E-state index is -3.87. The van der Waals surface area contributed by atoms with Gasteiger partial charge in [0.15, 0.2) is 0 Å². The van der Waals surface area contributed by atoms with Crippen molar-refractivity contribution < 1.29 is 16.8 Å². The van der Waals surface area contributed by atoms with Crippen LogP contribution >= 0.6 is 23.2 Å². The fourth-order valence-corrected chi connectivity index (χ4v) is 5.39. The van der Waals surface area contributed by atoms with E-state index in [4.69, 9.17) is 28.3 Å². The summed E-state index contributed by atoms with van der Waals surface area (Å²) in [4.78, 5) is 5.90. The van der Waals surface area contributed by atoms with Gasteiger partial charge in [-0.3, -0.25) is 4.90 Å². The Morgan fingerprint density at radius 3 is 1.89 bits per heavy atom. The van der Waals surface area contributed by atoms with Crippen molar-refractivity contribution in [2.24, 2.45) is 5.14 Å². The molecule has 0 amide bonds. The Morgan fingerprint density at radius 2 is 1.39 bits per heavy atom. The molecule has 0 bridgehead atoms. The number of nitrogens with zero attached hydrogens (tertiary/aromatic N) is 3. The molecule has 1 saturated heterocycles. The van der Waals surface area contributed by atoms with Gasteiger partial charge in [-0.25, -0.2) is 27.0 Å². The number of sulfonamides is 2. The number of rotatable bonds is 5. The Morgan fingerprint density at radius 1 is 0.893 bits per heavy atom. The molecule has 3 rings (SSSR count). The number of hydrogen-bond acceptors (Lipinski definition) is 6. The normalized spacial score (nSPS) is 17.0. The van der Waals surface area contributed by atoms with Crippen molar-refractivity contribution in [2.75, 3.05) is 26.2 Å². The molecule has 152 valence electrons. The van der Waals surface area contributed by atoms with Gasteiger partial charge in [0.1, 0.15) is 10.3 Å². The van der Waals surface area contributed by atoms with E-state index in [-0.39, 0.29) is 9.79 Å². The van der Waals surface area contributed by atoms with Crippen LogP contribution in [0.1, 0.15) is 5.56 Å². The average molecular weight is 465 g/mol. The highest BCUT2D eigenvalue weighted by atomic mass is 35.5. The lowest BCUT2D eigenvalue weighted by Gasteiger charge is -2.34. The summed E-state index contributed by atoms with van der Waals surface area (Å²) < 4.78 is 49.6. The lowest BCUT2D eigenvalue weighted by Crippen LogP contribution is -2.48. The van der Waals surface area contributed by atoms with Gasteiger partial charge >= 0.3 is 0 Å². The summed E-state index contributed by atoms with van der Waals surface area (Å²) in [5.41, 5.74) is 0.903. The van der Waals surface area contributed by atoms with Crippen molar-refractivity contribution in [2.45, 2.75) is 16.3 Å². The minimum Gasteiger partial charge on any atom is -0.296 e. The summed E-state index contributed by atoms with van der Waals surface area (Å²) in [5.74, 6) is 0. The fourth-order valence-electron chi connectivity index (χ4n) is 2.94. The van der Waals surface area contributed by atoms with Gasteiger partial charge in [-0.15, -0.1) is 0 Å². The third kappa shape index (κ3) is 5.01. The topological polar surface area (TPSA) is 114 Å². The summed E-state index contributed by atoms with van der Waals surface area (Å²) in [5, 5.41) is 5.67. The zero-order valence-corrected chi connectivity index (χ0v) is 17.8. The highest BCUT2D eigenvalue weighted by Crippen LogP contribution is 2.21. The summed E-state index contributed by atoms with van der Waals surface area (Å²) in [7, 11) is -7.59. The predicted octanol–water partition coefficient (Wildman–Crippen LogP) is 1.54. The van der Waals surface area contributed by atoms with E-state index in [2.05, 4.69) is 9.88 Å². The first-order valence-corrected chi connectivity index (χ1v) is 12.0. The summed E-state index contributed by atoms with van der Waals surface area (Å²) in [6.45, 7) is 2.27. The first-order valence-electron chi connectivity index (χ1n) is 8.23. The van der Waals surface area contributed by atoms with Crippen molar-refractivity contribution in [3.05, 3.63) is 52.3 Å². The van der Waals surface area contributed by atoms with Gasteiger partial charge in [-0.2, -0.15) is 4.31 Å². The van der Waals surface area contributed by atoms with Crippen molar-refractivity contribution in [1.82, 2.24) is 14.2 Å². The summed E-state index contributed by atoms with van der Waals surface area (Å²) in [6, 6.07) is 8.34. The maximum atomic E-state index is 12.8. The second-order valence-corrected chi connectivity index (χ2v) is 10.6. The van der Waals surface area contributed by atoms with E-state index < -0.39 is 20.0 Å². The Kier molecular flexibility index (Phi) is 6.30. The van der Waals surface area contributed by atoms with Gasteiger partial charge in [0.05, 0.1) is 9.79 Å². The number of halogens is 2. The molecule has 1 aliphatic rings. The van der Waals surface area contributed by atoms with Crippen molar-refractivity contribution in [3.63, 3.8) is 0 Å². The molecule has 0 radical (unpaired) electrons. The minimum absolute atomic E-state index is 0.0287. The van der Waals surface area contributed by atoms with Crippen LogP contribution in [0.3, 0.4) is 0 Å². The molecular formula is C16H18Cl2N4O4S2. The summed E-state index contributed by atoms with van der Waals surface area (Å²) >= 11 is 11.8. The van der Waals surface area contributed by atoms with Crippen LogP contribution in [0.15, 0.2) is 46.2 Å². The van der Waals surface area contributed by atoms with Crippen molar-refractivity contribution in [1.29, 1.82) is 0 Å². The van der Waals surface area contributed by atoms with Gasteiger partial charge in [-0.05, 0) is 42.0 Å². The van der Waals surface area contributed by atoms with E-state index in [0.29, 0.717) is 43.0 Å². The van der Waals surface area contributed by atoms with Crippen LogP contribution in [0.4, 0.5) is 0 Å². The number of pyridine rings is 1. The molecular weight excluding hydrogens is 447 g/mol. The van der Waals surface area contributed by atoms with E-state index in [0.717, 1.165) is 5.56 Å². The first-order chi connectivity index (χ1) is 13.1. The highest BCUT2D eigenvalue weighted by molar-refractivity contribution is 7.89. The largest absolute Gasteiger partial charge is 0.296 e. The van der Waals surface area contributed by atoms with Crippen LogP contribution in [0, 0.1) is 0 Å². The van der Waals surface area contributed by atoms with Gasteiger partial charge in [0.2, 0.25) is 20.0 Å². The number of piperazine rings is 1. The first kappa shape index (κ1) is 21.4. The van der Waals surface area contributed by atoms with Crippen LogP contribution in [-0.4, -0.2) is 57.2 Å². The standard InChI is InChI=1S/C16H18Cl2N4O4S2/c17-15-9-12(10-16(18)20-15)11-21-5-7-22(8-6-21)28(25,26)14-3-1-13(2-4-14)27(19,23)24/h1-4,9-10H,5-8,11H2,(H2,19,23,24). The molecule has 28 heavy (non-hydrogen) atoms. The number of primary sulfonamides is 1. The molecule has 1 fully saturated rings. The zero-order chi connectivity index (χ0) is 20.5. The number of benzene rings is 1. The Labute approximate surface area is 174 Å². The van der Waals surface area contributed by atoms with Gasteiger partial charge < -0.3 is 0 Å². The number of hydrogen-bond donors (Lipinski definition) is 1. The van der Waals surface area contributed by atoms with Gasteiger partial charge in [-0.1, -0.05) is 23.2 Å². The fraction of sp³-hybridized carbons (Fsp3) is 0.312. The van der Waals surface area contributed by atoms with E-state index >= 15 is 0 Å². The van der Waals surface area contributed by atoms with Crippen LogP contribution in [0.2, 0.25) is 10.3 Å². The van der Waals surface area contributed by atoms with Crippen LogP contribution < -0.4 is 5.14 Å². The molecule has 2 heterocycles. The molecule has 1 aromatic heterocycles. The molecule has 1 aromatic carbocycles. The third-order valence-electron chi connectivity index (χ3n) is 4.35. The van der Waals surface area contributed by atoms with E-state index in [1.165, 1.54) is 28.6 Å². The van der Waals surface area contributed by atoms with Crippen molar-refractivity contribution in [3.8, 4) is 0 Å². The lowest BCUT2D eigenvalue weighted by molar-refractivity contribution is 0.181. The highest BCUT2D eigenvalue weighted by Gasteiger charge is 2.28. The van der Waals surface area contributed by atoms with Crippen LogP contribution in [-0.2, 0) is 26.6 Å². The van der Waals surface area contributed by atoms with Crippen LogP contribution in [0.5, 0.6) is 0 Å².